The average molecular weight is 330 g/mol. The molecule has 0 spiro atoms. The molecule has 0 bridgehead atoms. The Hall–Kier alpha value is -1.07. The van der Waals surface area contributed by atoms with Crippen LogP contribution in [0.4, 0.5) is 0 Å². The van der Waals surface area contributed by atoms with E-state index < -0.39 is 23.2 Å². The van der Waals surface area contributed by atoms with Crippen LogP contribution in [-0.4, -0.2) is 40.1 Å². The fourth-order valence-electron chi connectivity index (χ4n) is 3.28. The second-order valence-corrected chi connectivity index (χ2v) is 6.89. The number of carbonyl (C=O) groups is 2. The van der Waals surface area contributed by atoms with Crippen molar-refractivity contribution in [3.8, 4) is 0 Å². The Morgan fingerprint density at radius 3 is 2.82 bits per heavy atom. The topological polar surface area (TPSA) is 75.6 Å². The number of nitrogens with one attached hydrogen (secondary N) is 1. The predicted molar refractivity (Wildman–Crippen MR) is 83.5 cm³/mol. The summed E-state index contributed by atoms with van der Waals surface area (Å²) >= 11 is 5.60. The van der Waals surface area contributed by atoms with Crippen molar-refractivity contribution in [1.29, 1.82) is 0 Å². The Labute approximate surface area is 136 Å². The van der Waals surface area contributed by atoms with Gasteiger partial charge < -0.3 is 15.2 Å². The number of amides is 1. The molecule has 0 aromatic carbocycles. The summed E-state index contributed by atoms with van der Waals surface area (Å²) in [5.74, 6) is -0.635. The third kappa shape index (κ3) is 2.88. The van der Waals surface area contributed by atoms with Crippen molar-refractivity contribution >= 4 is 23.5 Å². The van der Waals surface area contributed by atoms with Crippen molar-refractivity contribution in [1.82, 2.24) is 5.32 Å². The highest BCUT2D eigenvalue weighted by Crippen LogP contribution is 2.44. The van der Waals surface area contributed by atoms with Crippen LogP contribution in [0.3, 0.4) is 0 Å². The van der Waals surface area contributed by atoms with E-state index in [1.54, 1.807) is 13.8 Å². The van der Waals surface area contributed by atoms with E-state index in [-0.39, 0.29) is 18.2 Å². The molecule has 2 aliphatic rings. The number of alkyl halides is 1. The lowest BCUT2D eigenvalue weighted by molar-refractivity contribution is -0.236. The molecule has 124 valence electrons. The Morgan fingerprint density at radius 1 is 1.59 bits per heavy atom. The number of allylic oxidation sites excluding steroid dienone is 1. The molecule has 22 heavy (non-hydrogen) atoms. The number of hydrogen-bond acceptors (Lipinski definition) is 4. The van der Waals surface area contributed by atoms with Gasteiger partial charge in [-0.05, 0) is 39.5 Å². The van der Waals surface area contributed by atoms with Crippen molar-refractivity contribution < 1.29 is 19.4 Å². The molecule has 2 rings (SSSR count). The summed E-state index contributed by atoms with van der Waals surface area (Å²) in [6.07, 6.45) is 6.43. The third-order valence-electron chi connectivity index (χ3n) is 4.63. The van der Waals surface area contributed by atoms with Crippen molar-refractivity contribution in [2.75, 3.05) is 5.88 Å². The first-order chi connectivity index (χ1) is 10.3. The normalized spacial score (nSPS) is 31.1. The summed E-state index contributed by atoms with van der Waals surface area (Å²) in [4.78, 5) is 24.3. The zero-order chi connectivity index (χ0) is 16.4. The number of hydrogen-bond donors (Lipinski definition) is 2. The van der Waals surface area contributed by atoms with E-state index in [9.17, 15) is 14.7 Å². The highest BCUT2D eigenvalue weighted by Gasteiger charge is 2.69. The summed E-state index contributed by atoms with van der Waals surface area (Å²) in [7, 11) is 0. The number of aliphatic hydroxyl groups excluding tert-OH is 1. The van der Waals surface area contributed by atoms with Gasteiger partial charge in [0.15, 0.2) is 0 Å². The summed E-state index contributed by atoms with van der Waals surface area (Å²) in [5.41, 5.74) is -2.33. The van der Waals surface area contributed by atoms with Crippen LogP contribution in [0.2, 0.25) is 0 Å². The van der Waals surface area contributed by atoms with E-state index in [0.717, 1.165) is 19.3 Å². The molecule has 5 nitrogen and oxygen atoms in total. The van der Waals surface area contributed by atoms with Gasteiger partial charge >= 0.3 is 5.97 Å². The lowest BCUT2D eigenvalue weighted by atomic mass is 9.67. The number of aliphatic hydroxyl groups is 1. The van der Waals surface area contributed by atoms with E-state index in [0.29, 0.717) is 12.3 Å². The molecule has 1 unspecified atom stereocenters. The number of rotatable bonds is 6. The molecule has 6 heteroatoms. The molecular weight excluding hydrogens is 306 g/mol. The van der Waals surface area contributed by atoms with Crippen molar-refractivity contribution in [3.63, 3.8) is 0 Å². The maximum Gasteiger partial charge on any atom is 0.339 e. The van der Waals surface area contributed by atoms with Gasteiger partial charge in [-0.15, -0.1) is 11.6 Å². The van der Waals surface area contributed by atoms with Crippen molar-refractivity contribution in [2.24, 2.45) is 5.92 Å². The lowest BCUT2D eigenvalue weighted by Gasteiger charge is -2.56. The molecular formula is C16H24ClNO4. The van der Waals surface area contributed by atoms with Crippen LogP contribution in [0.1, 0.15) is 46.0 Å². The number of esters is 1. The van der Waals surface area contributed by atoms with Gasteiger partial charge in [-0.2, -0.15) is 0 Å². The van der Waals surface area contributed by atoms with Crippen LogP contribution in [0.25, 0.3) is 0 Å². The molecule has 0 aromatic heterocycles. The smallest absolute Gasteiger partial charge is 0.339 e. The molecule has 1 fully saturated rings. The van der Waals surface area contributed by atoms with Crippen molar-refractivity contribution in [2.45, 2.75) is 63.2 Å². The highest BCUT2D eigenvalue weighted by atomic mass is 35.5. The van der Waals surface area contributed by atoms with Gasteiger partial charge in [-0.3, -0.25) is 4.79 Å². The lowest BCUT2D eigenvalue weighted by Crippen LogP contribution is -2.82. The van der Waals surface area contributed by atoms with E-state index in [1.807, 2.05) is 12.2 Å². The largest absolute Gasteiger partial charge is 0.454 e. The van der Waals surface area contributed by atoms with Crippen LogP contribution in [0.5, 0.6) is 0 Å². The quantitative estimate of drug-likeness (QED) is 0.443. The summed E-state index contributed by atoms with van der Waals surface area (Å²) < 4.78 is 5.20. The van der Waals surface area contributed by atoms with Gasteiger partial charge in [0.2, 0.25) is 11.4 Å². The van der Waals surface area contributed by atoms with Gasteiger partial charge in [0, 0.05) is 18.2 Å². The second kappa shape index (κ2) is 6.59. The van der Waals surface area contributed by atoms with E-state index in [2.05, 4.69) is 5.32 Å². The molecule has 0 radical (unpaired) electrons. The Bertz CT molecular complexity index is 477. The molecule has 3 atom stereocenters. The molecule has 1 aliphatic heterocycles. The number of carbonyl (C=O) groups excluding carboxylic acids is 2. The van der Waals surface area contributed by atoms with Crippen LogP contribution in [0.15, 0.2) is 12.2 Å². The molecule has 1 amide bonds. The van der Waals surface area contributed by atoms with Gasteiger partial charge in [-0.25, -0.2) is 4.79 Å². The van der Waals surface area contributed by atoms with Crippen LogP contribution in [0, 0.1) is 5.92 Å². The maximum absolute atomic E-state index is 12.2. The summed E-state index contributed by atoms with van der Waals surface area (Å²) in [5, 5.41) is 13.6. The Kier molecular flexibility index (Phi) is 5.17. The van der Waals surface area contributed by atoms with E-state index in [1.165, 1.54) is 0 Å². The molecule has 1 heterocycles. The first-order valence-corrected chi connectivity index (χ1v) is 8.34. The second-order valence-electron chi connectivity index (χ2n) is 6.52. The molecule has 2 N–H and O–H groups in total. The predicted octanol–water partition coefficient (Wildman–Crippen LogP) is 1.91. The molecule has 1 aliphatic carbocycles. The fourth-order valence-corrected chi connectivity index (χ4v) is 3.41. The van der Waals surface area contributed by atoms with Gasteiger partial charge in [0.05, 0.1) is 6.10 Å². The SMILES string of the molecule is CC1(C)OC(=O)C1(NC(=O)CCCCl)[C@@H](O)[C@@H]1C=CCCC1. The minimum atomic E-state index is -1.39. The average Bonchev–Trinajstić information content (AvgIpc) is 2.50. The van der Waals surface area contributed by atoms with Gasteiger partial charge in [-0.1, -0.05) is 12.2 Å². The highest BCUT2D eigenvalue weighted by molar-refractivity contribution is 6.17. The fraction of sp³-hybridized carbons (Fsp3) is 0.750. The van der Waals surface area contributed by atoms with Crippen LogP contribution in [-0.2, 0) is 14.3 Å². The molecule has 0 saturated carbocycles. The van der Waals surface area contributed by atoms with Gasteiger partial charge in [0.25, 0.3) is 0 Å². The Morgan fingerprint density at radius 2 is 2.32 bits per heavy atom. The minimum absolute atomic E-state index is 0.158. The van der Waals surface area contributed by atoms with Gasteiger partial charge in [0.1, 0.15) is 5.60 Å². The van der Waals surface area contributed by atoms with Crippen LogP contribution >= 0.6 is 11.6 Å². The number of cyclic esters (lactones) is 1. The van der Waals surface area contributed by atoms with Crippen molar-refractivity contribution in [3.05, 3.63) is 12.2 Å². The first-order valence-electron chi connectivity index (χ1n) is 7.80. The third-order valence-corrected chi connectivity index (χ3v) is 4.90. The standard InChI is InChI=1S/C16H24ClNO4/c1-15(2)16(14(21)22-15,18-12(19)9-6-10-17)13(20)11-7-4-3-5-8-11/h4,7,11,13,20H,3,5-6,8-10H2,1-2H3,(H,18,19)/t11-,13+,16?/m1/s1. The van der Waals surface area contributed by atoms with E-state index >= 15 is 0 Å². The number of ether oxygens (including phenoxy) is 1. The van der Waals surface area contributed by atoms with E-state index in [4.69, 9.17) is 16.3 Å². The summed E-state index contributed by atoms with van der Waals surface area (Å²) in [6, 6.07) is 0. The zero-order valence-electron chi connectivity index (χ0n) is 13.1. The minimum Gasteiger partial charge on any atom is -0.454 e. The van der Waals surface area contributed by atoms with Crippen LogP contribution < -0.4 is 5.32 Å². The molecule has 1 saturated heterocycles. The zero-order valence-corrected chi connectivity index (χ0v) is 13.9. The summed E-state index contributed by atoms with van der Waals surface area (Å²) in [6.45, 7) is 3.43. The number of halogens is 1. The Balaban J connectivity index is 2.22. The molecule has 0 aromatic rings. The first kappa shape index (κ1) is 17.3. The maximum atomic E-state index is 12.2. The monoisotopic (exact) mass is 329 g/mol.